The third-order valence-electron chi connectivity index (χ3n) is 2.97. The number of halogens is 4. The van der Waals surface area contributed by atoms with Gasteiger partial charge in [0.05, 0.1) is 0 Å². The van der Waals surface area contributed by atoms with Crippen molar-refractivity contribution in [1.29, 1.82) is 0 Å². The molecule has 0 amide bonds. The average Bonchev–Trinajstić information content (AvgIpc) is 2.94. The SMILES string of the molecule is NC1(CCc2c(F)c(F)cc(F)c2F)CC1. The first-order valence-electron chi connectivity index (χ1n) is 5.04. The first-order valence-corrected chi connectivity index (χ1v) is 5.04. The molecule has 0 aromatic heterocycles. The molecule has 0 bridgehead atoms. The van der Waals surface area contributed by atoms with Crippen molar-refractivity contribution in [2.75, 3.05) is 0 Å². The summed E-state index contributed by atoms with van der Waals surface area (Å²) in [4.78, 5) is 0. The van der Waals surface area contributed by atoms with Gasteiger partial charge >= 0.3 is 0 Å². The van der Waals surface area contributed by atoms with Gasteiger partial charge in [-0.05, 0) is 25.7 Å². The molecule has 0 heterocycles. The molecule has 0 saturated heterocycles. The summed E-state index contributed by atoms with van der Waals surface area (Å²) in [6, 6.07) is 0.212. The summed E-state index contributed by atoms with van der Waals surface area (Å²) in [5.41, 5.74) is 4.79. The van der Waals surface area contributed by atoms with Crippen LogP contribution >= 0.6 is 0 Å². The zero-order chi connectivity index (χ0) is 11.9. The normalized spacial score (nSPS) is 17.6. The van der Waals surface area contributed by atoms with Crippen molar-refractivity contribution in [3.63, 3.8) is 0 Å². The molecule has 5 heteroatoms. The fraction of sp³-hybridized carbons (Fsp3) is 0.455. The van der Waals surface area contributed by atoms with E-state index in [-0.39, 0.29) is 12.5 Å². The second-order valence-corrected chi connectivity index (χ2v) is 4.31. The van der Waals surface area contributed by atoms with Crippen LogP contribution in [0.25, 0.3) is 0 Å². The number of hydrogen-bond donors (Lipinski definition) is 1. The minimum atomic E-state index is -1.37. The largest absolute Gasteiger partial charge is 0.325 e. The lowest BCUT2D eigenvalue weighted by molar-refractivity contribution is 0.433. The molecule has 1 aromatic carbocycles. The fourth-order valence-corrected chi connectivity index (χ4v) is 1.63. The van der Waals surface area contributed by atoms with Crippen LogP contribution in [0.15, 0.2) is 6.07 Å². The van der Waals surface area contributed by atoms with Crippen LogP contribution in [-0.2, 0) is 6.42 Å². The predicted molar refractivity (Wildman–Crippen MR) is 50.7 cm³/mol. The van der Waals surface area contributed by atoms with E-state index in [1.54, 1.807) is 0 Å². The molecule has 1 fully saturated rings. The topological polar surface area (TPSA) is 26.0 Å². The van der Waals surface area contributed by atoms with Crippen LogP contribution in [0, 0.1) is 23.3 Å². The zero-order valence-electron chi connectivity index (χ0n) is 8.49. The van der Waals surface area contributed by atoms with Crippen LogP contribution in [0.1, 0.15) is 24.8 Å². The third kappa shape index (κ3) is 2.04. The highest BCUT2D eigenvalue weighted by Gasteiger charge is 2.38. The second-order valence-electron chi connectivity index (χ2n) is 4.31. The number of rotatable bonds is 3. The van der Waals surface area contributed by atoms with E-state index in [1.165, 1.54) is 0 Å². The summed E-state index contributed by atoms with van der Waals surface area (Å²) in [6.07, 6.45) is 1.83. The molecule has 1 aliphatic rings. The smallest absolute Gasteiger partial charge is 0.165 e. The molecule has 1 aromatic rings. The Morgan fingerprint density at radius 2 is 1.56 bits per heavy atom. The molecular weight excluding hydrogens is 222 g/mol. The lowest BCUT2D eigenvalue weighted by Gasteiger charge is -2.10. The monoisotopic (exact) mass is 233 g/mol. The van der Waals surface area contributed by atoms with Gasteiger partial charge in [0, 0.05) is 17.2 Å². The Morgan fingerprint density at radius 1 is 1.06 bits per heavy atom. The van der Waals surface area contributed by atoms with Crippen molar-refractivity contribution < 1.29 is 17.6 Å². The van der Waals surface area contributed by atoms with Gasteiger partial charge in [0.15, 0.2) is 23.3 Å². The minimum Gasteiger partial charge on any atom is -0.325 e. The maximum atomic E-state index is 13.2. The Balaban J connectivity index is 2.24. The molecule has 88 valence electrons. The molecule has 0 spiro atoms. The van der Waals surface area contributed by atoms with Crippen LogP contribution in [0.3, 0.4) is 0 Å². The van der Waals surface area contributed by atoms with E-state index in [9.17, 15) is 17.6 Å². The van der Waals surface area contributed by atoms with E-state index >= 15 is 0 Å². The van der Waals surface area contributed by atoms with Crippen LogP contribution < -0.4 is 5.73 Å². The molecule has 0 aliphatic heterocycles. The minimum absolute atomic E-state index is 0.0805. The number of benzene rings is 1. The Bertz CT molecular complexity index is 400. The Labute approximate surface area is 90.3 Å². The van der Waals surface area contributed by atoms with Crippen molar-refractivity contribution in [3.8, 4) is 0 Å². The quantitative estimate of drug-likeness (QED) is 0.630. The Kier molecular flexibility index (Phi) is 2.66. The van der Waals surface area contributed by atoms with Crippen molar-refractivity contribution in [2.24, 2.45) is 5.73 Å². The van der Waals surface area contributed by atoms with Gasteiger partial charge in [-0.2, -0.15) is 0 Å². The maximum Gasteiger partial charge on any atom is 0.165 e. The van der Waals surface area contributed by atoms with E-state index < -0.39 is 34.4 Å². The second kappa shape index (κ2) is 3.73. The van der Waals surface area contributed by atoms with Gasteiger partial charge in [0.2, 0.25) is 0 Å². The van der Waals surface area contributed by atoms with E-state index in [0.29, 0.717) is 6.42 Å². The van der Waals surface area contributed by atoms with Crippen LogP contribution in [0.5, 0.6) is 0 Å². The van der Waals surface area contributed by atoms with Crippen LogP contribution in [-0.4, -0.2) is 5.54 Å². The first kappa shape index (κ1) is 11.4. The van der Waals surface area contributed by atoms with Crippen LogP contribution in [0.4, 0.5) is 17.6 Å². The van der Waals surface area contributed by atoms with Crippen molar-refractivity contribution in [3.05, 3.63) is 34.9 Å². The van der Waals surface area contributed by atoms with Gasteiger partial charge in [0.1, 0.15) is 0 Å². The third-order valence-corrected chi connectivity index (χ3v) is 2.97. The van der Waals surface area contributed by atoms with Gasteiger partial charge < -0.3 is 5.73 Å². The number of hydrogen-bond acceptors (Lipinski definition) is 1. The molecule has 0 unspecified atom stereocenters. The fourth-order valence-electron chi connectivity index (χ4n) is 1.63. The summed E-state index contributed by atoms with van der Waals surface area (Å²) in [5, 5.41) is 0. The highest BCUT2D eigenvalue weighted by molar-refractivity contribution is 5.23. The lowest BCUT2D eigenvalue weighted by Crippen LogP contribution is -2.22. The molecule has 0 radical (unpaired) electrons. The van der Waals surface area contributed by atoms with Gasteiger partial charge in [-0.25, -0.2) is 17.6 Å². The summed E-state index contributed by atoms with van der Waals surface area (Å²) < 4.78 is 52.1. The van der Waals surface area contributed by atoms with Crippen molar-refractivity contribution in [2.45, 2.75) is 31.2 Å². The summed E-state index contributed by atoms with van der Waals surface area (Å²) >= 11 is 0. The van der Waals surface area contributed by atoms with Gasteiger partial charge in [-0.15, -0.1) is 0 Å². The highest BCUT2D eigenvalue weighted by atomic mass is 19.2. The van der Waals surface area contributed by atoms with Crippen molar-refractivity contribution >= 4 is 0 Å². The van der Waals surface area contributed by atoms with Gasteiger partial charge in [0.25, 0.3) is 0 Å². The zero-order valence-corrected chi connectivity index (χ0v) is 8.49. The lowest BCUT2D eigenvalue weighted by atomic mass is 10.0. The molecule has 2 rings (SSSR count). The summed E-state index contributed by atoms with van der Waals surface area (Å²) in [7, 11) is 0. The van der Waals surface area contributed by atoms with Gasteiger partial charge in [-0.3, -0.25) is 0 Å². The van der Waals surface area contributed by atoms with Crippen LogP contribution in [0.2, 0.25) is 0 Å². The van der Waals surface area contributed by atoms with E-state index in [2.05, 4.69) is 0 Å². The summed E-state index contributed by atoms with van der Waals surface area (Å²) in [6.45, 7) is 0. The molecular formula is C11H11F4N. The predicted octanol–water partition coefficient (Wildman–Crippen LogP) is 2.67. The molecule has 0 atom stereocenters. The maximum absolute atomic E-state index is 13.2. The van der Waals surface area contributed by atoms with E-state index in [4.69, 9.17) is 5.73 Å². The summed E-state index contributed by atoms with van der Waals surface area (Å²) in [5.74, 6) is -5.36. The van der Waals surface area contributed by atoms with Crippen molar-refractivity contribution in [1.82, 2.24) is 0 Å². The van der Waals surface area contributed by atoms with E-state index in [1.807, 2.05) is 0 Å². The molecule has 16 heavy (non-hydrogen) atoms. The molecule has 2 N–H and O–H groups in total. The molecule has 1 nitrogen and oxygen atoms in total. The van der Waals surface area contributed by atoms with E-state index in [0.717, 1.165) is 12.8 Å². The molecule has 1 aliphatic carbocycles. The molecule has 1 saturated carbocycles. The average molecular weight is 233 g/mol. The Morgan fingerprint density at radius 3 is 2.00 bits per heavy atom. The van der Waals surface area contributed by atoms with Gasteiger partial charge in [-0.1, -0.05) is 0 Å². The highest BCUT2D eigenvalue weighted by Crippen LogP contribution is 2.37. The number of nitrogens with two attached hydrogens (primary N) is 1. The Hall–Kier alpha value is -1.10. The standard InChI is InChI=1S/C11H11F4N/c12-7-5-8(13)10(15)6(9(7)14)1-2-11(16)3-4-11/h5H,1-4,16H2. The first-order chi connectivity index (χ1) is 7.43.